The van der Waals surface area contributed by atoms with Crippen molar-refractivity contribution in [3.63, 3.8) is 0 Å². The molecule has 6 heteroatoms. The number of likely N-dealkylation sites (tertiary alicyclic amines) is 1. The van der Waals surface area contributed by atoms with Gasteiger partial charge in [-0.15, -0.1) is 13.2 Å². The van der Waals surface area contributed by atoms with Gasteiger partial charge in [0, 0.05) is 12.6 Å². The van der Waals surface area contributed by atoms with Crippen molar-refractivity contribution in [2.75, 3.05) is 13.1 Å². The van der Waals surface area contributed by atoms with Crippen LogP contribution in [0.2, 0.25) is 0 Å². The van der Waals surface area contributed by atoms with Crippen LogP contribution < -0.4 is 4.74 Å². The van der Waals surface area contributed by atoms with E-state index in [1.165, 1.54) is 12.1 Å². The van der Waals surface area contributed by atoms with E-state index in [1.807, 2.05) is 6.92 Å². The molecule has 118 valence electrons. The molecule has 0 amide bonds. The summed E-state index contributed by atoms with van der Waals surface area (Å²) in [5.41, 5.74) is 0.941. The van der Waals surface area contributed by atoms with Gasteiger partial charge in [-0.05, 0) is 50.4 Å². The summed E-state index contributed by atoms with van der Waals surface area (Å²) in [5, 5.41) is 9.62. The molecule has 1 aromatic carbocycles. The van der Waals surface area contributed by atoms with Gasteiger partial charge in [0.25, 0.3) is 0 Å². The molecule has 0 aliphatic carbocycles. The van der Waals surface area contributed by atoms with Gasteiger partial charge in [0.15, 0.2) is 0 Å². The first-order valence-corrected chi connectivity index (χ1v) is 7.04. The Kier molecular flexibility index (Phi) is 4.78. The van der Waals surface area contributed by atoms with Crippen molar-refractivity contribution in [1.82, 2.24) is 4.90 Å². The minimum absolute atomic E-state index is 0.105. The lowest BCUT2D eigenvalue weighted by Gasteiger charge is -2.25. The summed E-state index contributed by atoms with van der Waals surface area (Å²) in [5.74, 6) is 0.0574. The fraction of sp³-hybridized carbons (Fsp3) is 0.600. The molecular formula is C15H20F3NO2. The highest BCUT2D eigenvalue weighted by atomic mass is 19.4. The summed E-state index contributed by atoms with van der Waals surface area (Å²) in [6, 6.07) is 6.08. The maximum atomic E-state index is 12.1. The van der Waals surface area contributed by atoms with E-state index in [1.54, 1.807) is 19.1 Å². The van der Waals surface area contributed by atoms with Gasteiger partial charge in [-0.3, -0.25) is 4.90 Å². The van der Waals surface area contributed by atoms with Crippen molar-refractivity contribution in [3.8, 4) is 5.75 Å². The molecule has 1 N–H and O–H groups in total. The fourth-order valence-electron chi connectivity index (χ4n) is 2.72. The number of hydrogen-bond acceptors (Lipinski definition) is 3. The number of benzene rings is 1. The number of nitrogens with zero attached hydrogens (tertiary/aromatic N) is 1. The van der Waals surface area contributed by atoms with Gasteiger partial charge in [-0.25, -0.2) is 0 Å². The van der Waals surface area contributed by atoms with Gasteiger partial charge in [-0.1, -0.05) is 12.1 Å². The Hall–Kier alpha value is -1.27. The third-order valence-corrected chi connectivity index (χ3v) is 4.08. The summed E-state index contributed by atoms with van der Waals surface area (Å²) in [7, 11) is 0. The Morgan fingerprint density at radius 2 is 1.86 bits per heavy atom. The first kappa shape index (κ1) is 16.1. The van der Waals surface area contributed by atoms with Gasteiger partial charge in [0.1, 0.15) is 5.75 Å². The lowest BCUT2D eigenvalue weighted by molar-refractivity contribution is -0.274. The van der Waals surface area contributed by atoms with Gasteiger partial charge < -0.3 is 9.84 Å². The van der Waals surface area contributed by atoms with E-state index >= 15 is 0 Å². The van der Waals surface area contributed by atoms with Crippen LogP contribution in [0.25, 0.3) is 0 Å². The molecule has 3 atom stereocenters. The number of aliphatic hydroxyl groups excluding tert-OH is 1. The zero-order valence-electron chi connectivity index (χ0n) is 12.1. The number of aliphatic hydroxyl groups is 1. The van der Waals surface area contributed by atoms with Gasteiger partial charge in [0.2, 0.25) is 0 Å². The molecule has 21 heavy (non-hydrogen) atoms. The van der Waals surface area contributed by atoms with Crippen LogP contribution in [0, 0.1) is 5.92 Å². The van der Waals surface area contributed by atoms with E-state index in [9.17, 15) is 18.3 Å². The highest BCUT2D eigenvalue weighted by Gasteiger charge is 2.32. The molecular weight excluding hydrogens is 283 g/mol. The molecule has 0 saturated carbocycles. The second-order valence-corrected chi connectivity index (χ2v) is 5.58. The molecule has 0 spiro atoms. The largest absolute Gasteiger partial charge is 0.573 e. The molecule has 1 aliphatic rings. The molecule has 0 aromatic heterocycles. The SMILES string of the molecule is CC(O)C1CCN(C(C)c2ccc(OC(F)(F)F)cc2)C1. The van der Waals surface area contributed by atoms with Crippen LogP contribution in [0.15, 0.2) is 24.3 Å². The quantitative estimate of drug-likeness (QED) is 0.926. The average molecular weight is 303 g/mol. The molecule has 1 aliphatic heterocycles. The Balaban J connectivity index is 1.99. The normalized spacial score (nSPS) is 23.0. The van der Waals surface area contributed by atoms with Crippen LogP contribution >= 0.6 is 0 Å². The molecule has 1 fully saturated rings. The third kappa shape index (κ3) is 4.35. The number of rotatable bonds is 4. The third-order valence-electron chi connectivity index (χ3n) is 4.08. The molecule has 3 nitrogen and oxygen atoms in total. The van der Waals surface area contributed by atoms with E-state index in [-0.39, 0.29) is 23.8 Å². The minimum atomic E-state index is -4.66. The molecule has 1 heterocycles. The van der Waals surface area contributed by atoms with Crippen molar-refractivity contribution in [3.05, 3.63) is 29.8 Å². The minimum Gasteiger partial charge on any atom is -0.406 e. The zero-order valence-corrected chi connectivity index (χ0v) is 12.1. The van der Waals surface area contributed by atoms with Gasteiger partial charge in [-0.2, -0.15) is 0 Å². The summed E-state index contributed by atoms with van der Waals surface area (Å²) in [6.45, 7) is 5.50. The van der Waals surface area contributed by atoms with Crippen LogP contribution in [-0.4, -0.2) is 35.6 Å². The molecule has 2 rings (SSSR count). The first-order chi connectivity index (χ1) is 9.76. The Morgan fingerprint density at radius 3 is 2.33 bits per heavy atom. The van der Waals surface area contributed by atoms with Crippen molar-refractivity contribution >= 4 is 0 Å². The molecule has 0 radical (unpaired) electrons. The van der Waals surface area contributed by atoms with Gasteiger partial charge >= 0.3 is 6.36 Å². The Labute approximate surface area is 122 Å². The number of hydrogen-bond donors (Lipinski definition) is 1. The van der Waals surface area contributed by atoms with Crippen molar-refractivity contribution in [2.45, 2.75) is 38.8 Å². The lowest BCUT2D eigenvalue weighted by Crippen LogP contribution is -2.27. The standard InChI is InChI=1S/C15H20F3NO2/c1-10(19-8-7-13(9-19)11(2)20)12-3-5-14(6-4-12)21-15(16,17)18/h3-6,10-11,13,20H,7-9H2,1-2H3. The zero-order chi connectivity index (χ0) is 15.6. The number of halogens is 3. The van der Waals surface area contributed by atoms with Crippen LogP contribution in [0.1, 0.15) is 31.9 Å². The van der Waals surface area contributed by atoms with E-state index in [2.05, 4.69) is 9.64 Å². The monoisotopic (exact) mass is 303 g/mol. The molecule has 1 saturated heterocycles. The summed E-state index contributed by atoms with van der Waals surface area (Å²) in [6.07, 6.45) is -4.05. The summed E-state index contributed by atoms with van der Waals surface area (Å²) >= 11 is 0. The van der Waals surface area contributed by atoms with Crippen LogP contribution in [0.4, 0.5) is 13.2 Å². The van der Waals surface area contributed by atoms with Crippen molar-refractivity contribution < 1.29 is 23.0 Å². The summed E-state index contributed by atoms with van der Waals surface area (Å²) in [4.78, 5) is 2.23. The van der Waals surface area contributed by atoms with E-state index in [0.717, 1.165) is 25.1 Å². The fourth-order valence-corrected chi connectivity index (χ4v) is 2.72. The summed E-state index contributed by atoms with van der Waals surface area (Å²) < 4.78 is 40.2. The Bertz CT molecular complexity index is 459. The number of ether oxygens (including phenoxy) is 1. The van der Waals surface area contributed by atoms with Crippen LogP contribution in [-0.2, 0) is 0 Å². The second-order valence-electron chi connectivity index (χ2n) is 5.58. The lowest BCUT2D eigenvalue weighted by atomic mass is 10.0. The topological polar surface area (TPSA) is 32.7 Å². The maximum Gasteiger partial charge on any atom is 0.573 e. The maximum absolute atomic E-state index is 12.1. The van der Waals surface area contributed by atoms with Crippen LogP contribution in [0.5, 0.6) is 5.75 Å². The second kappa shape index (κ2) is 6.23. The Morgan fingerprint density at radius 1 is 1.24 bits per heavy atom. The molecule has 3 unspecified atom stereocenters. The predicted octanol–water partition coefficient (Wildman–Crippen LogP) is 3.35. The predicted molar refractivity (Wildman–Crippen MR) is 72.9 cm³/mol. The van der Waals surface area contributed by atoms with E-state index < -0.39 is 6.36 Å². The number of alkyl halides is 3. The first-order valence-electron chi connectivity index (χ1n) is 7.04. The van der Waals surface area contributed by atoms with Crippen molar-refractivity contribution in [2.24, 2.45) is 5.92 Å². The highest BCUT2D eigenvalue weighted by Crippen LogP contribution is 2.30. The molecule has 1 aromatic rings. The van der Waals surface area contributed by atoms with Crippen LogP contribution in [0.3, 0.4) is 0 Å². The van der Waals surface area contributed by atoms with Gasteiger partial charge in [0.05, 0.1) is 6.10 Å². The smallest absolute Gasteiger partial charge is 0.406 e. The van der Waals surface area contributed by atoms with E-state index in [4.69, 9.17) is 0 Å². The highest BCUT2D eigenvalue weighted by molar-refractivity contribution is 5.29. The average Bonchev–Trinajstić information content (AvgIpc) is 2.86. The molecule has 0 bridgehead atoms. The van der Waals surface area contributed by atoms with E-state index in [0.29, 0.717) is 0 Å². The van der Waals surface area contributed by atoms with Crippen molar-refractivity contribution in [1.29, 1.82) is 0 Å².